The van der Waals surface area contributed by atoms with Crippen molar-refractivity contribution in [1.82, 2.24) is 10.6 Å². The van der Waals surface area contributed by atoms with Crippen LogP contribution in [0.2, 0.25) is 0 Å². The first-order valence-electron chi connectivity index (χ1n) is 6.45. The van der Waals surface area contributed by atoms with E-state index in [0.717, 1.165) is 17.9 Å². The molecule has 0 saturated carbocycles. The van der Waals surface area contributed by atoms with E-state index >= 15 is 0 Å². The largest absolute Gasteiger partial charge is 0.354 e. The summed E-state index contributed by atoms with van der Waals surface area (Å²) in [5.41, 5.74) is 0.949. The average molecular weight is 298 g/mol. The van der Waals surface area contributed by atoms with Crippen molar-refractivity contribution in [2.75, 3.05) is 7.05 Å². The van der Waals surface area contributed by atoms with Gasteiger partial charge in [0.1, 0.15) is 0 Å². The summed E-state index contributed by atoms with van der Waals surface area (Å²) < 4.78 is 22.3. The quantitative estimate of drug-likeness (QED) is 0.553. The van der Waals surface area contributed by atoms with Gasteiger partial charge >= 0.3 is 0 Å². The number of sulfonamides is 1. The number of nitrogens with one attached hydrogen (secondary N) is 2. The van der Waals surface area contributed by atoms with Crippen LogP contribution in [0.15, 0.2) is 34.2 Å². The fraction of sp³-hybridized carbons (Fsp3) is 0.462. The van der Waals surface area contributed by atoms with Crippen molar-refractivity contribution in [2.45, 2.75) is 37.8 Å². The number of rotatable bonds is 5. The second-order valence-corrected chi connectivity index (χ2v) is 6.13. The van der Waals surface area contributed by atoms with Crippen molar-refractivity contribution in [3.8, 4) is 0 Å². The number of nitrogens with zero attached hydrogens (tertiary/aromatic N) is 1. The topological polar surface area (TPSA) is 96.6 Å². The third-order valence-electron chi connectivity index (χ3n) is 2.93. The highest BCUT2D eigenvalue weighted by Gasteiger charge is 2.07. The molecular formula is C13H22N4O2S. The van der Waals surface area contributed by atoms with Crippen LogP contribution in [-0.4, -0.2) is 27.5 Å². The van der Waals surface area contributed by atoms with E-state index in [9.17, 15) is 8.42 Å². The molecule has 0 aliphatic rings. The van der Waals surface area contributed by atoms with Crippen molar-refractivity contribution in [3.05, 3.63) is 29.8 Å². The lowest BCUT2D eigenvalue weighted by atomic mass is 10.2. The normalized spacial score (nSPS) is 13.9. The van der Waals surface area contributed by atoms with Gasteiger partial charge in [-0.25, -0.2) is 13.6 Å². The minimum Gasteiger partial charge on any atom is -0.354 e. The van der Waals surface area contributed by atoms with Crippen LogP contribution in [0, 0.1) is 0 Å². The maximum atomic E-state index is 11.1. The third-order valence-corrected chi connectivity index (χ3v) is 3.86. The predicted octanol–water partition coefficient (Wildman–Crippen LogP) is 0.798. The molecule has 0 fully saturated rings. The first kappa shape index (κ1) is 16.5. The van der Waals surface area contributed by atoms with Gasteiger partial charge in [-0.15, -0.1) is 0 Å². The zero-order valence-corrected chi connectivity index (χ0v) is 12.9. The number of guanidine groups is 1. The fourth-order valence-corrected chi connectivity index (χ4v) is 2.03. The Balaban J connectivity index is 2.61. The van der Waals surface area contributed by atoms with Gasteiger partial charge in [-0.1, -0.05) is 19.1 Å². The number of primary sulfonamides is 1. The lowest BCUT2D eigenvalue weighted by Gasteiger charge is -2.16. The molecule has 4 N–H and O–H groups in total. The number of nitrogens with two attached hydrogens (primary N) is 1. The molecule has 1 rings (SSSR count). The van der Waals surface area contributed by atoms with E-state index in [1.54, 1.807) is 19.2 Å². The van der Waals surface area contributed by atoms with E-state index in [-0.39, 0.29) is 4.90 Å². The summed E-state index contributed by atoms with van der Waals surface area (Å²) in [6.45, 7) is 4.73. The Morgan fingerprint density at radius 3 is 2.40 bits per heavy atom. The summed E-state index contributed by atoms with van der Waals surface area (Å²) in [5.74, 6) is 0.717. The van der Waals surface area contributed by atoms with Crippen molar-refractivity contribution >= 4 is 16.0 Å². The lowest BCUT2D eigenvalue weighted by molar-refractivity contribution is 0.597. The Labute approximate surface area is 120 Å². The van der Waals surface area contributed by atoms with Crippen LogP contribution in [0.1, 0.15) is 25.8 Å². The summed E-state index contributed by atoms with van der Waals surface area (Å²) in [7, 11) is -1.92. The number of hydrogen-bond donors (Lipinski definition) is 3. The molecule has 0 bridgehead atoms. The van der Waals surface area contributed by atoms with Crippen LogP contribution in [0.25, 0.3) is 0 Å². The second-order valence-electron chi connectivity index (χ2n) is 4.57. The van der Waals surface area contributed by atoms with E-state index in [0.29, 0.717) is 12.6 Å². The molecule has 0 aliphatic carbocycles. The minimum atomic E-state index is -3.63. The van der Waals surface area contributed by atoms with Crippen LogP contribution in [-0.2, 0) is 16.6 Å². The maximum Gasteiger partial charge on any atom is 0.238 e. The van der Waals surface area contributed by atoms with Crippen molar-refractivity contribution in [3.63, 3.8) is 0 Å². The summed E-state index contributed by atoms with van der Waals surface area (Å²) in [5, 5.41) is 11.5. The van der Waals surface area contributed by atoms with Gasteiger partial charge in [0.05, 0.1) is 4.90 Å². The van der Waals surface area contributed by atoms with Crippen molar-refractivity contribution < 1.29 is 8.42 Å². The van der Waals surface area contributed by atoms with Crippen LogP contribution in [0.3, 0.4) is 0 Å². The van der Waals surface area contributed by atoms with Gasteiger partial charge < -0.3 is 10.6 Å². The molecule has 6 nitrogen and oxygen atoms in total. The van der Waals surface area contributed by atoms with Gasteiger partial charge in [-0.3, -0.25) is 4.99 Å². The van der Waals surface area contributed by atoms with Gasteiger partial charge in [0.2, 0.25) is 10.0 Å². The fourth-order valence-electron chi connectivity index (χ4n) is 1.51. The average Bonchev–Trinajstić information content (AvgIpc) is 2.42. The molecule has 112 valence electrons. The molecule has 0 saturated heterocycles. The Kier molecular flexibility index (Phi) is 5.97. The Morgan fingerprint density at radius 2 is 1.95 bits per heavy atom. The van der Waals surface area contributed by atoms with Gasteiger partial charge in [0.25, 0.3) is 0 Å². The van der Waals surface area contributed by atoms with Crippen LogP contribution < -0.4 is 15.8 Å². The van der Waals surface area contributed by atoms with E-state index < -0.39 is 10.0 Å². The molecular weight excluding hydrogens is 276 g/mol. The van der Waals surface area contributed by atoms with Gasteiger partial charge in [-0.2, -0.15) is 0 Å². The SMILES string of the molecule is CCC(C)NC(=NC)NCc1ccc(S(N)(=O)=O)cc1. The monoisotopic (exact) mass is 298 g/mol. The zero-order valence-electron chi connectivity index (χ0n) is 12.1. The van der Waals surface area contributed by atoms with Crippen LogP contribution in [0.5, 0.6) is 0 Å². The first-order valence-corrected chi connectivity index (χ1v) is 8.00. The number of hydrogen-bond acceptors (Lipinski definition) is 3. The molecule has 0 radical (unpaired) electrons. The third kappa shape index (κ3) is 5.18. The van der Waals surface area contributed by atoms with Crippen molar-refractivity contribution in [2.24, 2.45) is 10.1 Å². The Bertz CT molecular complexity index is 552. The highest BCUT2D eigenvalue weighted by Crippen LogP contribution is 2.08. The molecule has 7 heteroatoms. The van der Waals surface area contributed by atoms with E-state index in [4.69, 9.17) is 5.14 Å². The second kappa shape index (κ2) is 7.25. The van der Waals surface area contributed by atoms with Gasteiger partial charge in [0, 0.05) is 19.6 Å². The predicted molar refractivity (Wildman–Crippen MR) is 80.9 cm³/mol. The summed E-state index contributed by atoms with van der Waals surface area (Å²) >= 11 is 0. The molecule has 1 atom stereocenters. The molecule has 0 aliphatic heterocycles. The highest BCUT2D eigenvalue weighted by molar-refractivity contribution is 7.89. The summed E-state index contributed by atoms with van der Waals surface area (Å²) in [6.07, 6.45) is 1.00. The summed E-state index contributed by atoms with van der Waals surface area (Å²) in [6, 6.07) is 6.78. The minimum absolute atomic E-state index is 0.114. The van der Waals surface area contributed by atoms with Gasteiger partial charge in [-0.05, 0) is 31.0 Å². The van der Waals surface area contributed by atoms with Gasteiger partial charge in [0.15, 0.2) is 5.96 Å². The molecule has 1 unspecified atom stereocenters. The smallest absolute Gasteiger partial charge is 0.238 e. The highest BCUT2D eigenvalue weighted by atomic mass is 32.2. The Hall–Kier alpha value is -1.60. The Morgan fingerprint density at radius 1 is 1.35 bits per heavy atom. The first-order chi connectivity index (χ1) is 9.36. The zero-order chi connectivity index (χ0) is 15.2. The van der Waals surface area contributed by atoms with E-state index in [1.807, 2.05) is 0 Å². The molecule has 20 heavy (non-hydrogen) atoms. The van der Waals surface area contributed by atoms with Crippen molar-refractivity contribution in [1.29, 1.82) is 0 Å². The van der Waals surface area contributed by atoms with E-state index in [1.165, 1.54) is 12.1 Å². The maximum absolute atomic E-state index is 11.1. The molecule has 0 aromatic heterocycles. The number of benzene rings is 1. The molecule has 0 amide bonds. The number of aliphatic imine (C=N–C) groups is 1. The summed E-state index contributed by atoms with van der Waals surface area (Å²) in [4.78, 5) is 4.24. The molecule has 1 aromatic rings. The molecule has 1 aromatic carbocycles. The van der Waals surface area contributed by atoms with Crippen LogP contribution >= 0.6 is 0 Å². The molecule has 0 heterocycles. The lowest BCUT2D eigenvalue weighted by Crippen LogP contribution is -2.41. The van der Waals surface area contributed by atoms with Crippen LogP contribution in [0.4, 0.5) is 0 Å². The van der Waals surface area contributed by atoms with E-state index in [2.05, 4.69) is 29.5 Å². The standard InChI is InChI=1S/C13H22N4O2S/c1-4-10(2)17-13(15-3)16-9-11-5-7-12(8-6-11)20(14,18)19/h5-8,10H,4,9H2,1-3H3,(H2,14,18,19)(H2,15,16,17). The molecule has 0 spiro atoms.